The van der Waals surface area contributed by atoms with E-state index < -0.39 is 0 Å². The van der Waals surface area contributed by atoms with E-state index in [9.17, 15) is 4.79 Å². The maximum absolute atomic E-state index is 11.8. The largest absolute Gasteiger partial charge is 0.347 e. The van der Waals surface area contributed by atoms with Gasteiger partial charge in [0, 0.05) is 24.2 Å². The summed E-state index contributed by atoms with van der Waals surface area (Å²) in [4.78, 5) is 14.1. The molecule has 2 aliphatic heterocycles. The van der Waals surface area contributed by atoms with Crippen molar-refractivity contribution in [1.29, 1.82) is 0 Å². The normalized spacial score (nSPS) is 20.2. The molecule has 1 aromatic rings. The topological polar surface area (TPSA) is 36.9 Å². The summed E-state index contributed by atoms with van der Waals surface area (Å²) in [5.41, 5.74) is 4.50. The molecule has 0 saturated heterocycles. The van der Waals surface area contributed by atoms with E-state index in [1.165, 1.54) is 11.1 Å². The van der Waals surface area contributed by atoms with Gasteiger partial charge in [0.2, 0.25) is 0 Å². The molecule has 0 atom stereocenters. The van der Waals surface area contributed by atoms with Gasteiger partial charge in [-0.05, 0) is 25.1 Å². The number of quaternary nitrogens is 1. The monoisotopic (exact) mass is 241 g/mol. The molecular weight excluding hydrogens is 224 g/mol. The highest BCUT2D eigenvalue weighted by Crippen LogP contribution is 2.30. The van der Waals surface area contributed by atoms with Gasteiger partial charge in [-0.3, -0.25) is 5.32 Å². The van der Waals surface area contributed by atoms with E-state index in [1.54, 1.807) is 5.32 Å². The van der Waals surface area contributed by atoms with Crippen molar-refractivity contribution in [2.45, 2.75) is 6.42 Å². The molecule has 2 heterocycles. The van der Waals surface area contributed by atoms with E-state index in [1.807, 2.05) is 30.5 Å². The van der Waals surface area contributed by atoms with Crippen molar-refractivity contribution < 1.29 is 10.1 Å². The van der Waals surface area contributed by atoms with Gasteiger partial charge in [0.05, 0.1) is 5.56 Å². The van der Waals surface area contributed by atoms with Crippen molar-refractivity contribution in [2.24, 2.45) is 0 Å². The number of carbonyl (C=O) groups excluding carboxylic acids is 1. The number of hydrogen-bond acceptors (Lipinski definition) is 2. The minimum absolute atomic E-state index is 0.114. The summed E-state index contributed by atoms with van der Waals surface area (Å²) in [6, 6.07) is 7.89. The number of nitrogens with zero attached hydrogens (tertiary/aromatic N) is 1. The number of benzene rings is 1. The third-order valence-corrected chi connectivity index (χ3v) is 3.64. The lowest BCUT2D eigenvalue weighted by molar-refractivity contribution is -0.481. The maximum Gasteiger partial charge on any atom is 0.347 e. The van der Waals surface area contributed by atoms with Crippen molar-refractivity contribution in [2.75, 3.05) is 20.1 Å². The molecule has 0 saturated carbocycles. The molecule has 3 heteroatoms. The van der Waals surface area contributed by atoms with Gasteiger partial charge in [-0.1, -0.05) is 24.3 Å². The average molecular weight is 241 g/mol. The fourth-order valence-electron chi connectivity index (χ4n) is 2.57. The number of fused-ring (bicyclic) bond motifs is 1. The van der Waals surface area contributed by atoms with Gasteiger partial charge in [0.1, 0.15) is 6.20 Å². The molecular formula is C15H17N2O+. The molecule has 2 N–H and O–H groups in total. The summed E-state index contributed by atoms with van der Waals surface area (Å²) >= 11 is 0. The first-order valence-corrected chi connectivity index (χ1v) is 6.32. The Morgan fingerprint density at radius 3 is 2.72 bits per heavy atom. The number of amides is 1. The van der Waals surface area contributed by atoms with Crippen LogP contribution in [0.1, 0.15) is 22.3 Å². The Kier molecular flexibility index (Phi) is 2.86. The molecule has 3 rings (SSSR count). The second-order valence-corrected chi connectivity index (χ2v) is 4.90. The summed E-state index contributed by atoms with van der Waals surface area (Å²) in [6.07, 6.45) is 5.30. The molecule has 2 aliphatic rings. The molecule has 18 heavy (non-hydrogen) atoms. The predicted octanol–water partition coefficient (Wildman–Crippen LogP) is 1.01. The summed E-state index contributed by atoms with van der Waals surface area (Å²) < 4.78 is 0. The fraction of sp³-hybridized carbons (Fsp3) is 0.267. The number of rotatable bonds is 1. The zero-order valence-electron chi connectivity index (χ0n) is 10.5. The van der Waals surface area contributed by atoms with Crippen LogP contribution in [-0.4, -0.2) is 30.9 Å². The molecule has 0 aromatic heterocycles. The van der Waals surface area contributed by atoms with Crippen molar-refractivity contribution in [3.63, 3.8) is 0 Å². The van der Waals surface area contributed by atoms with E-state index in [0.29, 0.717) is 0 Å². The Hall–Kier alpha value is -1.71. The maximum atomic E-state index is 11.8. The SMILES string of the molecule is CN1CC=C(C2=C[NH2+]C(=O)c3ccccc32)CC1. The van der Waals surface area contributed by atoms with Gasteiger partial charge in [0.25, 0.3) is 0 Å². The van der Waals surface area contributed by atoms with E-state index in [0.717, 1.165) is 30.6 Å². The number of primary amides is 1. The number of carbonyl (C=O) groups is 1. The highest BCUT2D eigenvalue weighted by molar-refractivity contribution is 5.98. The van der Waals surface area contributed by atoms with Crippen LogP contribution in [0, 0.1) is 0 Å². The molecule has 1 aromatic carbocycles. The molecule has 92 valence electrons. The smallest absolute Gasteiger partial charge is 0.302 e. The minimum Gasteiger partial charge on any atom is -0.302 e. The van der Waals surface area contributed by atoms with Crippen LogP contribution >= 0.6 is 0 Å². The van der Waals surface area contributed by atoms with Crippen molar-refractivity contribution in [3.8, 4) is 0 Å². The Balaban J connectivity index is 2.01. The first-order valence-electron chi connectivity index (χ1n) is 6.32. The van der Waals surface area contributed by atoms with Crippen LogP contribution in [0.2, 0.25) is 0 Å². The van der Waals surface area contributed by atoms with Gasteiger partial charge >= 0.3 is 5.91 Å². The quantitative estimate of drug-likeness (QED) is 0.796. The van der Waals surface area contributed by atoms with Crippen molar-refractivity contribution >= 4 is 11.5 Å². The van der Waals surface area contributed by atoms with Crippen molar-refractivity contribution in [1.82, 2.24) is 4.90 Å². The molecule has 0 unspecified atom stereocenters. The van der Waals surface area contributed by atoms with E-state index in [2.05, 4.69) is 18.0 Å². The minimum atomic E-state index is 0.114. The number of hydrogen-bond donors (Lipinski definition) is 1. The molecule has 1 amide bonds. The third-order valence-electron chi connectivity index (χ3n) is 3.64. The lowest BCUT2D eigenvalue weighted by Gasteiger charge is -2.24. The van der Waals surface area contributed by atoms with Gasteiger partial charge < -0.3 is 4.90 Å². The van der Waals surface area contributed by atoms with Crippen LogP contribution < -0.4 is 5.32 Å². The lowest BCUT2D eigenvalue weighted by atomic mass is 9.89. The summed E-state index contributed by atoms with van der Waals surface area (Å²) in [7, 11) is 2.13. The second kappa shape index (κ2) is 4.52. The van der Waals surface area contributed by atoms with Gasteiger partial charge in [-0.15, -0.1) is 0 Å². The van der Waals surface area contributed by atoms with E-state index in [4.69, 9.17) is 0 Å². The van der Waals surface area contributed by atoms with Crippen LogP contribution in [0.15, 0.2) is 42.1 Å². The van der Waals surface area contributed by atoms with Crippen LogP contribution in [-0.2, 0) is 0 Å². The summed E-state index contributed by atoms with van der Waals surface area (Å²) in [6.45, 7) is 2.07. The Morgan fingerprint density at radius 1 is 1.22 bits per heavy atom. The van der Waals surface area contributed by atoms with Gasteiger partial charge in [0.15, 0.2) is 0 Å². The lowest BCUT2D eigenvalue weighted by Crippen LogP contribution is -2.83. The molecule has 0 spiro atoms. The average Bonchev–Trinajstić information content (AvgIpc) is 2.41. The van der Waals surface area contributed by atoms with Crippen LogP contribution in [0.3, 0.4) is 0 Å². The Morgan fingerprint density at radius 2 is 2.00 bits per heavy atom. The zero-order valence-corrected chi connectivity index (χ0v) is 10.5. The van der Waals surface area contributed by atoms with Crippen molar-refractivity contribution in [3.05, 3.63) is 53.2 Å². The van der Waals surface area contributed by atoms with E-state index in [-0.39, 0.29) is 5.91 Å². The van der Waals surface area contributed by atoms with Crippen LogP contribution in [0.4, 0.5) is 0 Å². The number of nitrogens with two attached hydrogens (primary N) is 1. The first-order chi connectivity index (χ1) is 8.75. The van der Waals surface area contributed by atoms with E-state index >= 15 is 0 Å². The molecule has 0 bridgehead atoms. The Labute approximate surface area is 107 Å². The fourth-order valence-corrected chi connectivity index (χ4v) is 2.57. The second-order valence-electron chi connectivity index (χ2n) is 4.90. The standard InChI is InChI=1S/C15H16N2O/c1-17-8-6-11(7-9-17)14-10-16-15(18)13-5-3-2-4-12(13)14/h2-6,10H,7-9H2,1H3,(H,16,18)/p+1. The molecule has 0 radical (unpaired) electrons. The van der Waals surface area contributed by atoms with Crippen LogP contribution in [0.5, 0.6) is 0 Å². The number of likely N-dealkylation sites (N-methyl/N-ethyl adjacent to an activating group) is 1. The zero-order chi connectivity index (χ0) is 12.5. The number of allylic oxidation sites excluding steroid dienone is 1. The third kappa shape index (κ3) is 1.92. The molecule has 0 aliphatic carbocycles. The predicted molar refractivity (Wildman–Crippen MR) is 70.9 cm³/mol. The molecule has 0 fully saturated rings. The highest BCUT2D eigenvalue weighted by Gasteiger charge is 2.25. The van der Waals surface area contributed by atoms with Gasteiger partial charge in [-0.25, -0.2) is 4.79 Å². The Bertz CT molecular complexity index is 557. The summed E-state index contributed by atoms with van der Waals surface area (Å²) in [5, 5.41) is 1.69. The molecule has 3 nitrogen and oxygen atoms in total. The highest BCUT2D eigenvalue weighted by atomic mass is 16.1. The van der Waals surface area contributed by atoms with Gasteiger partial charge in [-0.2, -0.15) is 0 Å². The summed E-state index contributed by atoms with van der Waals surface area (Å²) in [5.74, 6) is 0.114. The van der Waals surface area contributed by atoms with Crippen LogP contribution in [0.25, 0.3) is 5.57 Å². The first kappa shape index (κ1) is 11.4.